The van der Waals surface area contributed by atoms with E-state index in [1.165, 1.54) is 17.4 Å². The maximum Gasteiger partial charge on any atom is 0.222 e. The molecule has 2 rings (SSSR count). The number of aryl methyl sites for hydroxylation is 2. The lowest BCUT2D eigenvalue weighted by Crippen LogP contribution is -2.42. The van der Waals surface area contributed by atoms with Crippen LogP contribution in [-0.2, 0) is 21.1 Å². The highest BCUT2D eigenvalue weighted by Gasteiger charge is 2.28. The molecule has 0 aliphatic carbocycles. The summed E-state index contributed by atoms with van der Waals surface area (Å²) in [6.07, 6.45) is 3.66. The van der Waals surface area contributed by atoms with Gasteiger partial charge in [0.15, 0.2) is 0 Å². The summed E-state index contributed by atoms with van der Waals surface area (Å²) in [6.45, 7) is 3.17. The first-order valence-electron chi connectivity index (χ1n) is 7.39. The van der Waals surface area contributed by atoms with E-state index in [1.54, 1.807) is 4.90 Å². The van der Waals surface area contributed by atoms with Crippen LogP contribution in [0.15, 0.2) is 24.3 Å². The molecule has 0 spiro atoms. The van der Waals surface area contributed by atoms with E-state index in [9.17, 15) is 13.2 Å². The van der Waals surface area contributed by atoms with Gasteiger partial charge < -0.3 is 4.90 Å². The zero-order valence-corrected chi connectivity index (χ0v) is 13.5. The molecular formula is C16H23NO3S. The Balaban J connectivity index is 1.84. The van der Waals surface area contributed by atoms with Gasteiger partial charge in [-0.05, 0) is 37.3 Å². The number of rotatable bonds is 4. The smallest absolute Gasteiger partial charge is 0.222 e. The van der Waals surface area contributed by atoms with Crippen LogP contribution in [0.4, 0.5) is 0 Å². The van der Waals surface area contributed by atoms with Gasteiger partial charge in [-0.3, -0.25) is 4.79 Å². The second-order valence-electron chi connectivity index (χ2n) is 5.84. The quantitative estimate of drug-likeness (QED) is 0.854. The van der Waals surface area contributed by atoms with Gasteiger partial charge in [0, 0.05) is 25.8 Å². The molecule has 21 heavy (non-hydrogen) atoms. The number of hydrogen-bond donors (Lipinski definition) is 0. The van der Waals surface area contributed by atoms with E-state index in [4.69, 9.17) is 0 Å². The number of piperidine rings is 1. The van der Waals surface area contributed by atoms with Gasteiger partial charge in [-0.25, -0.2) is 8.42 Å². The van der Waals surface area contributed by atoms with Crippen molar-refractivity contribution in [3.8, 4) is 0 Å². The number of sulfone groups is 1. The van der Waals surface area contributed by atoms with E-state index in [-0.39, 0.29) is 11.2 Å². The lowest BCUT2D eigenvalue weighted by Gasteiger charge is -2.31. The minimum atomic E-state index is -2.97. The predicted molar refractivity (Wildman–Crippen MR) is 83.9 cm³/mol. The Hall–Kier alpha value is -1.36. The molecule has 0 bridgehead atoms. The maximum atomic E-state index is 12.2. The minimum Gasteiger partial charge on any atom is -0.343 e. The number of amides is 1. The number of likely N-dealkylation sites (tertiary alicyclic amines) is 1. The third kappa shape index (κ3) is 4.30. The van der Waals surface area contributed by atoms with E-state index in [0.717, 1.165) is 6.42 Å². The molecule has 0 aromatic heterocycles. The summed E-state index contributed by atoms with van der Waals surface area (Å²) in [7, 11) is -2.97. The van der Waals surface area contributed by atoms with Crippen molar-refractivity contribution in [1.82, 2.24) is 4.90 Å². The fraction of sp³-hybridized carbons (Fsp3) is 0.562. The Kier molecular flexibility index (Phi) is 5.04. The molecule has 1 aliphatic heterocycles. The summed E-state index contributed by atoms with van der Waals surface area (Å²) in [4.78, 5) is 14.0. The molecule has 0 atom stereocenters. The van der Waals surface area contributed by atoms with Crippen LogP contribution in [0.3, 0.4) is 0 Å². The molecule has 1 aromatic rings. The largest absolute Gasteiger partial charge is 0.343 e. The van der Waals surface area contributed by atoms with E-state index in [2.05, 4.69) is 19.1 Å². The van der Waals surface area contributed by atoms with Crippen molar-refractivity contribution in [1.29, 1.82) is 0 Å². The van der Waals surface area contributed by atoms with Crippen molar-refractivity contribution >= 4 is 15.7 Å². The lowest BCUT2D eigenvalue weighted by molar-refractivity contribution is -0.132. The van der Waals surface area contributed by atoms with Gasteiger partial charge in [0.05, 0.1) is 5.25 Å². The number of hydrogen-bond acceptors (Lipinski definition) is 3. The van der Waals surface area contributed by atoms with Crippen molar-refractivity contribution in [3.63, 3.8) is 0 Å². The van der Waals surface area contributed by atoms with E-state index < -0.39 is 9.84 Å². The second kappa shape index (κ2) is 6.60. The summed E-state index contributed by atoms with van der Waals surface area (Å²) < 4.78 is 23.0. The summed E-state index contributed by atoms with van der Waals surface area (Å²) in [6, 6.07) is 8.09. The van der Waals surface area contributed by atoms with E-state index in [1.807, 2.05) is 12.1 Å². The summed E-state index contributed by atoms with van der Waals surface area (Å²) in [5.41, 5.74) is 2.41. The third-order valence-corrected chi connectivity index (χ3v) is 5.95. The highest BCUT2D eigenvalue weighted by molar-refractivity contribution is 7.91. The molecule has 0 radical (unpaired) electrons. The first-order valence-corrected chi connectivity index (χ1v) is 9.34. The monoisotopic (exact) mass is 309 g/mol. The molecule has 1 fully saturated rings. The molecular weight excluding hydrogens is 286 g/mol. The number of nitrogens with zero attached hydrogens (tertiary/aromatic N) is 1. The second-order valence-corrected chi connectivity index (χ2v) is 8.16. The third-order valence-electron chi connectivity index (χ3n) is 4.27. The molecule has 0 saturated carbocycles. The zero-order chi connectivity index (χ0) is 15.5. The number of benzene rings is 1. The Morgan fingerprint density at radius 3 is 2.43 bits per heavy atom. The highest BCUT2D eigenvalue weighted by atomic mass is 32.2. The van der Waals surface area contributed by atoms with E-state index in [0.29, 0.717) is 32.4 Å². The molecule has 0 unspecified atom stereocenters. The van der Waals surface area contributed by atoms with Crippen LogP contribution in [0.25, 0.3) is 0 Å². The fourth-order valence-corrected chi connectivity index (χ4v) is 3.89. The molecule has 0 N–H and O–H groups in total. The SMILES string of the molecule is Cc1ccccc1CCC(=O)N1CCC(S(C)(=O)=O)CC1. The van der Waals surface area contributed by atoms with Crippen LogP contribution in [-0.4, -0.2) is 43.8 Å². The summed E-state index contributed by atoms with van der Waals surface area (Å²) in [5.74, 6) is 0.130. The molecule has 1 saturated heterocycles. The van der Waals surface area contributed by atoms with Crippen molar-refractivity contribution in [2.75, 3.05) is 19.3 Å². The molecule has 5 heteroatoms. The Bertz CT molecular complexity index is 602. The zero-order valence-electron chi connectivity index (χ0n) is 12.7. The topological polar surface area (TPSA) is 54.5 Å². The Morgan fingerprint density at radius 2 is 1.86 bits per heavy atom. The molecule has 1 amide bonds. The standard InChI is InChI=1S/C16H23NO3S/c1-13-5-3-4-6-14(13)7-8-16(18)17-11-9-15(10-12-17)21(2,19)20/h3-6,15H,7-12H2,1-2H3. The van der Waals surface area contributed by atoms with Crippen LogP contribution in [0.5, 0.6) is 0 Å². The van der Waals surface area contributed by atoms with Crippen molar-refractivity contribution in [2.45, 2.75) is 37.9 Å². The molecule has 1 aliphatic rings. The number of carbonyl (C=O) groups excluding carboxylic acids is 1. The fourth-order valence-electron chi connectivity index (χ4n) is 2.82. The van der Waals surface area contributed by atoms with E-state index >= 15 is 0 Å². The van der Waals surface area contributed by atoms with Gasteiger partial charge in [-0.2, -0.15) is 0 Å². The predicted octanol–water partition coefficient (Wildman–Crippen LogP) is 1.96. The van der Waals surface area contributed by atoms with Crippen LogP contribution in [0, 0.1) is 6.92 Å². The van der Waals surface area contributed by atoms with Gasteiger partial charge in [-0.15, -0.1) is 0 Å². The maximum absolute atomic E-state index is 12.2. The van der Waals surface area contributed by atoms with Crippen molar-refractivity contribution in [2.24, 2.45) is 0 Å². The van der Waals surface area contributed by atoms with Crippen molar-refractivity contribution < 1.29 is 13.2 Å². The average Bonchev–Trinajstić information content (AvgIpc) is 2.45. The summed E-state index contributed by atoms with van der Waals surface area (Å²) in [5, 5.41) is -0.280. The molecule has 116 valence electrons. The highest BCUT2D eigenvalue weighted by Crippen LogP contribution is 2.18. The first kappa shape index (κ1) is 16.0. The molecule has 1 aromatic carbocycles. The Morgan fingerprint density at radius 1 is 1.24 bits per heavy atom. The normalized spacial score (nSPS) is 17.0. The van der Waals surface area contributed by atoms with Crippen LogP contribution in [0.2, 0.25) is 0 Å². The van der Waals surface area contributed by atoms with Gasteiger partial charge in [0.25, 0.3) is 0 Å². The van der Waals surface area contributed by atoms with Gasteiger partial charge in [-0.1, -0.05) is 24.3 Å². The van der Waals surface area contributed by atoms with Crippen molar-refractivity contribution in [3.05, 3.63) is 35.4 Å². The Labute approximate surface area is 127 Å². The minimum absolute atomic E-state index is 0.130. The number of carbonyl (C=O) groups is 1. The van der Waals surface area contributed by atoms with Gasteiger partial charge >= 0.3 is 0 Å². The average molecular weight is 309 g/mol. The molecule has 4 nitrogen and oxygen atoms in total. The molecule has 1 heterocycles. The van der Waals surface area contributed by atoms with Crippen LogP contribution >= 0.6 is 0 Å². The van der Waals surface area contributed by atoms with Gasteiger partial charge in [0.1, 0.15) is 9.84 Å². The van der Waals surface area contributed by atoms with Crippen LogP contribution in [0.1, 0.15) is 30.4 Å². The summed E-state index contributed by atoms with van der Waals surface area (Å²) >= 11 is 0. The first-order chi connectivity index (χ1) is 9.88. The van der Waals surface area contributed by atoms with Crippen LogP contribution < -0.4 is 0 Å². The van der Waals surface area contributed by atoms with Gasteiger partial charge in [0.2, 0.25) is 5.91 Å². The lowest BCUT2D eigenvalue weighted by atomic mass is 10.0.